The van der Waals surface area contributed by atoms with Crippen molar-refractivity contribution in [1.29, 1.82) is 0 Å². The number of aryl methyl sites for hydroxylation is 2. The molecule has 1 amide bonds. The predicted molar refractivity (Wildman–Crippen MR) is 73.7 cm³/mol. The van der Waals surface area contributed by atoms with Crippen molar-refractivity contribution in [3.8, 4) is 0 Å². The van der Waals surface area contributed by atoms with Crippen molar-refractivity contribution in [2.45, 2.75) is 26.7 Å². The lowest BCUT2D eigenvalue weighted by molar-refractivity contribution is -0.130. The fourth-order valence-corrected chi connectivity index (χ4v) is 2.38. The number of nitrogens with zero attached hydrogens (tertiary/aromatic N) is 1. The lowest BCUT2D eigenvalue weighted by atomic mass is 10.0. The second-order valence-electron chi connectivity index (χ2n) is 5.06. The Balaban J connectivity index is 1.97. The SMILES string of the molecule is Cc1ccc(C)c(CCN2CCNCCC2=O)c1. The van der Waals surface area contributed by atoms with E-state index in [9.17, 15) is 4.79 Å². The van der Waals surface area contributed by atoms with Crippen LogP contribution in [0.4, 0.5) is 0 Å². The van der Waals surface area contributed by atoms with Crippen LogP contribution in [0.15, 0.2) is 18.2 Å². The van der Waals surface area contributed by atoms with Gasteiger partial charge in [-0.05, 0) is 31.4 Å². The minimum absolute atomic E-state index is 0.283. The Morgan fingerprint density at radius 2 is 2.11 bits per heavy atom. The molecule has 1 aliphatic rings. The van der Waals surface area contributed by atoms with Gasteiger partial charge in [-0.15, -0.1) is 0 Å². The first-order valence-corrected chi connectivity index (χ1v) is 6.71. The highest BCUT2D eigenvalue weighted by molar-refractivity contribution is 5.76. The van der Waals surface area contributed by atoms with E-state index in [1.54, 1.807) is 0 Å². The molecule has 1 aromatic carbocycles. The van der Waals surface area contributed by atoms with Crippen LogP contribution in [-0.2, 0) is 11.2 Å². The van der Waals surface area contributed by atoms with Crippen LogP contribution >= 0.6 is 0 Å². The van der Waals surface area contributed by atoms with Crippen molar-refractivity contribution in [3.05, 3.63) is 34.9 Å². The Kier molecular flexibility index (Phi) is 4.37. The van der Waals surface area contributed by atoms with Gasteiger partial charge in [0.25, 0.3) is 0 Å². The summed E-state index contributed by atoms with van der Waals surface area (Å²) in [6, 6.07) is 6.53. The van der Waals surface area contributed by atoms with Crippen LogP contribution in [0.3, 0.4) is 0 Å². The van der Waals surface area contributed by atoms with E-state index in [4.69, 9.17) is 0 Å². The minimum atomic E-state index is 0.283. The number of hydrogen-bond acceptors (Lipinski definition) is 2. The summed E-state index contributed by atoms with van der Waals surface area (Å²) in [6.45, 7) is 7.66. The third kappa shape index (κ3) is 3.33. The summed E-state index contributed by atoms with van der Waals surface area (Å²) in [7, 11) is 0. The van der Waals surface area contributed by atoms with Crippen molar-refractivity contribution in [3.63, 3.8) is 0 Å². The minimum Gasteiger partial charge on any atom is -0.341 e. The third-order valence-electron chi connectivity index (χ3n) is 3.58. The topological polar surface area (TPSA) is 32.3 Å². The van der Waals surface area contributed by atoms with Crippen LogP contribution in [0.5, 0.6) is 0 Å². The summed E-state index contributed by atoms with van der Waals surface area (Å²) in [5.41, 5.74) is 3.97. The average Bonchev–Trinajstić information content (AvgIpc) is 2.55. The fourth-order valence-electron chi connectivity index (χ4n) is 2.38. The van der Waals surface area contributed by atoms with E-state index in [1.807, 2.05) is 4.90 Å². The second-order valence-corrected chi connectivity index (χ2v) is 5.06. The molecule has 3 nitrogen and oxygen atoms in total. The maximum absolute atomic E-state index is 11.9. The molecular formula is C15H22N2O. The van der Waals surface area contributed by atoms with Crippen molar-refractivity contribution < 1.29 is 4.79 Å². The molecule has 1 saturated heterocycles. The van der Waals surface area contributed by atoms with Gasteiger partial charge in [0.1, 0.15) is 0 Å². The number of hydrogen-bond donors (Lipinski definition) is 1. The monoisotopic (exact) mass is 246 g/mol. The molecule has 2 rings (SSSR count). The first kappa shape index (κ1) is 13.1. The molecule has 18 heavy (non-hydrogen) atoms. The van der Waals surface area contributed by atoms with Gasteiger partial charge in [-0.3, -0.25) is 4.79 Å². The van der Waals surface area contributed by atoms with Crippen LogP contribution in [0.25, 0.3) is 0 Å². The van der Waals surface area contributed by atoms with Gasteiger partial charge in [0.15, 0.2) is 0 Å². The predicted octanol–water partition coefficient (Wildman–Crippen LogP) is 1.67. The van der Waals surface area contributed by atoms with E-state index in [2.05, 4.69) is 37.4 Å². The molecule has 0 radical (unpaired) electrons. The van der Waals surface area contributed by atoms with E-state index in [-0.39, 0.29) is 5.91 Å². The summed E-state index contributed by atoms with van der Waals surface area (Å²) < 4.78 is 0. The number of nitrogens with one attached hydrogen (secondary N) is 1. The number of rotatable bonds is 3. The molecule has 98 valence electrons. The molecule has 0 aliphatic carbocycles. The highest BCUT2D eigenvalue weighted by Crippen LogP contribution is 2.12. The Morgan fingerprint density at radius 3 is 2.94 bits per heavy atom. The molecule has 0 atom stereocenters. The number of amides is 1. The van der Waals surface area contributed by atoms with Gasteiger partial charge >= 0.3 is 0 Å². The van der Waals surface area contributed by atoms with Crippen molar-refractivity contribution in [2.75, 3.05) is 26.2 Å². The third-order valence-corrected chi connectivity index (χ3v) is 3.58. The van der Waals surface area contributed by atoms with E-state index in [0.717, 1.165) is 32.6 Å². The zero-order valence-electron chi connectivity index (χ0n) is 11.3. The van der Waals surface area contributed by atoms with Crippen LogP contribution in [0, 0.1) is 13.8 Å². The van der Waals surface area contributed by atoms with Crippen molar-refractivity contribution >= 4 is 5.91 Å². The van der Waals surface area contributed by atoms with E-state index >= 15 is 0 Å². The summed E-state index contributed by atoms with van der Waals surface area (Å²) in [5, 5.41) is 3.26. The number of benzene rings is 1. The Labute approximate surface area is 109 Å². The first-order valence-electron chi connectivity index (χ1n) is 6.71. The molecule has 1 heterocycles. The van der Waals surface area contributed by atoms with Crippen molar-refractivity contribution in [2.24, 2.45) is 0 Å². The summed E-state index contributed by atoms with van der Waals surface area (Å²) in [6.07, 6.45) is 1.59. The Bertz CT molecular complexity index is 429. The van der Waals surface area contributed by atoms with Gasteiger partial charge in [0.05, 0.1) is 0 Å². The second kappa shape index (κ2) is 6.01. The highest BCUT2D eigenvalue weighted by Gasteiger charge is 2.15. The smallest absolute Gasteiger partial charge is 0.223 e. The molecule has 1 aromatic rings. The fraction of sp³-hybridized carbons (Fsp3) is 0.533. The molecule has 1 N–H and O–H groups in total. The maximum Gasteiger partial charge on any atom is 0.223 e. The van der Waals surface area contributed by atoms with Gasteiger partial charge in [-0.1, -0.05) is 23.8 Å². The van der Waals surface area contributed by atoms with Gasteiger partial charge in [0.2, 0.25) is 5.91 Å². The van der Waals surface area contributed by atoms with Gasteiger partial charge < -0.3 is 10.2 Å². The average molecular weight is 246 g/mol. The summed E-state index contributed by atoms with van der Waals surface area (Å²) >= 11 is 0. The van der Waals surface area contributed by atoms with E-state index < -0.39 is 0 Å². The molecule has 0 unspecified atom stereocenters. The van der Waals surface area contributed by atoms with Crippen LogP contribution in [0.1, 0.15) is 23.1 Å². The highest BCUT2D eigenvalue weighted by atomic mass is 16.2. The van der Waals surface area contributed by atoms with Crippen LogP contribution in [-0.4, -0.2) is 37.0 Å². The molecule has 0 bridgehead atoms. The number of carbonyl (C=O) groups is 1. The maximum atomic E-state index is 11.9. The van der Waals surface area contributed by atoms with Crippen LogP contribution < -0.4 is 5.32 Å². The normalized spacial score (nSPS) is 16.8. The number of carbonyl (C=O) groups excluding carboxylic acids is 1. The largest absolute Gasteiger partial charge is 0.341 e. The molecule has 0 aromatic heterocycles. The summed E-state index contributed by atoms with van der Waals surface area (Å²) in [5.74, 6) is 0.283. The van der Waals surface area contributed by atoms with Gasteiger partial charge in [0, 0.05) is 32.6 Å². The quantitative estimate of drug-likeness (QED) is 0.880. The Hall–Kier alpha value is -1.35. The van der Waals surface area contributed by atoms with Crippen LogP contribution in [0.2, 0.25) is 0 Å². The molecule has 0 saturated carbocycles. The molecule has 1 aliphatic heterocycles. The molecular weight excluding hydrogens is 224 g/mol. The van der Waals surface area contributed by atoms with Gasteiger partial charge in [-0.25, -0.2) is 0 Å². The zero-order valence-corrected chi connectivity index (χ0v) is 11.3. The lowest BCUT2D eigenvalue weighted by Gasteiger charge is -2.20. The molecule has 1 fully saturated rings. The molecule has 0 spiro atoms. The van der Waals surface area contributed by atoms with E-state index in [1.165, 1.54) is 16.7 Å². The molecule has 3 heteroatoms. The van der Waals surface area contributed by atoms with Gasteiger partial charge in [-0.2, -0.15) is 0 Å². The van der Waals surface area contributed by atoms with Crippen molar-refractivity contribution in [1.82, 2.24) is 10.2 Å². The first-order chi connectivity index (χ1) is 8.66. The summed E-state index contributed by atoms with van der Waals surface area (Å²) in [4.78, 5) is 13.9. The Morgan fingerprint density at radius 1 is 1.28 bits per heavy atom. The van der Waals surface area contributed by atoms with E-state index in [0.29, 0.717) is 6.42 Å². The lowest BCUT2D eigenvalue weighted by Crippen LogP contribution is -2.34. The zero-order chi connectivity index (χ0) is 13.0. The standard InChI is InChI=1S/C15H22N2O/c1-12-3-4-13(2)14(11-12)6-9-17-10-8-16-7-5-15(17)18/h3-4,11,16H,5-10H2,1-2H3.